The van der Waals surface area contributed by atoms with Crippen LogP contribution in [0.5, 0.6) is 0 Å². The van der Waals surface area contributed by atoms with Gasteiger partial charge in [-0.25, -0.2) is 9.37 Å². The molecule has 1 aromatic heterocycles. The molecular formula is C15H16FN3O2S. The molecule has 0 bridgehead atoms. The fourth-order valence-electron chi connectivity index (χ4n) is 1.96. The fourth-order valence-corrected chi connectivity index (χ4v) is 2.69. The molecule has 1 aromatic carbocycles. The van der Waals surface area contributed by atoms with Crippen molar-refractivity contribution in [2.45, 2.75) is 19.9 Å². The minimum absolute atomic E-state index is 0.222. The molecule has 0 unspecified atom stereocenters. The minimum atomic E-state index is -0.431. The zero-order valence-corrected chi connectivity index (χ0v) is 13.3. The van der Waals surface area contributed by atoms with Crippen molar-refractivity contribution >= 4 is 28.3 Å². The fraction of sp³-hybridized carbons (Fsp3) is 0.267. The van der Waals surface area contributed by atoms with E-state index in [9.17, 15) is 14.0 Å². The van der Waals surface area contributed by atoms with Gasteiger partial charge in [0.25, 0.3) is 5.91 Å². The van der Waals surface area contributed by atoms with Crippen LogP contribution in [-0.2, 0) is 4.79 Å². The van der Waals surface area contributed by atoms with Crippen LogP contribution < -0.4 is 5.32 Å². The third-order valence-electron chi connectivity index (χ3n) is 3.26. The van der Waals surface area contributed by atoms with Crippen LogP contribution in [0.1, 0.15) is 35.9 Å². The van der Waals surface area contributed by atoms with Gasteiger partial charge in [-0.05, 0) is 13.0 Å². The lowest BCUT2D eigenvalue weighted by Gasteiger charge is -2.24. The molecule has 0 fully saturated rings. The van der Waals surface area contributed by atoms with Gasteiger partial charge in [-0.15, -0.1) is 11.3 Å². The van der Waals surface area contributed by atoms with Gasteiger partial charge in [-0.3, -0.25) is 9.59 Å². The summed E-state index contributed by atoms with van der Waals surface area (Å²) >= 11 is 1.17. The maximum absolute atomic E-state index is 13.8. The summed E-state index contributed by atoms with van der Waals surface area (Å²) < 4.78 is 13.8. The zero-order valence-electron chi connectivity index (χ0n) is 12.5. The molecule has 0 spiro atoms. The van der Waals surface area contributed by atoms with E-state index < -0.39 is 6.04 Å². The molecule has 1 heterocycles. The van der Waals surface area contributed by atoms with Gasteiger partial charge in [0, 0.05) is 24.9 Å². The highest BCUT2D eigenvalue weighted by atomic mass is 32.1. The molecule has 1 N–H and O–H groups in total. The molecule has 2 aromatic rings. The van der Waals surface area contributed by atoms with E-state index in [1.807, 2.05) is 0 Å². The van der Waals surface area contributed by atoms with Crippen molar-refractivity contribution in [2.24, 2.45) is 0 Å². The van der Waals surface area contributed by atoms with E-state index in [0.29, 0.717) is 10.7 Å². The van der Waals surface area contributed by atoms with Crippen LogP contribution >= 0.6 is 11.3 Å². The van der Waals surface area contributed by atoms with Crippen molar-refractivity contribution in [1.82, 2.24) is 9.88 Å². The molecule has 2 amide bonds. The Morgan fingerprint density at radius 3 is 2.68 bits per heavy atom. The molecule has 1 atom stereocenters. The van der Waals surface area contributed by atoms with Crippen molar-refractivity contribution in [3.63, 3.8) is 0 Å². The number of carbonyl (C=O) groups excluding carboxylic acids is 2. The van der Waals surface area contributed by atoms with E-state index in [2.05, 4.69) is 10.3 Å². The summed E-state index contributed by atoms with van der Waals surface area (Å²) in [6, 6.07) is 5.91. The lowest BCUT2D eigenvalue weighted by atomic mass is 10.1. The smallest absolute Gasteiger partial charge is 0.273 e. The average molecular weight is 321 g/mol. The first-order chi connectivity index (χ1) is 10.4. The van der Waals surface area contributed by atoms with E-state index >= 15 is 0 Å². The molecule has 0 radical (unpaired) electrons. The zero-order chi connectivity index (χ0) is 16.3. The highest BCUT2D eigenvalue weighted by Crippen LogP contribution is 2.24. The number of hydrogen-bond donors (Lipinski definition) is 1. The van der Waals surface area contributed by atoms with Crippen LogP contribution in [0.15, 0.2) is 29.6 Å². The number of nitrogens with one attached hydrogen (secondary N) is 1. The summed E-state index contributed by atoms with van der Waals surface area (Å²) in [4.78, 5) is 28.9. The molecule has 0 saturated carbocycles. The highest BCUT2D eigenvalue weighted by Gasteiger charge is 2.23. The monoisotopic (exact) mass is 321 g/mol. The minimum Gasteiger partial charge on any atom is -0.333 e. The number of aromatic nitrogens is 1. The van der Waals surface area contributed by atoms with Crippen LogP contribution in [-0.4, -0.2) is 28.7 Å². The first-order valence-electron chi connectivity index (χ1n) is 6.65. The number of hydrogen-bond acceptors (Lipinski definition) is 4. The molecule has 2 rings (SSSR count). The van der Waals surface area contributed by atoms with Crippen LogP contribution in [0.25, 0.3) is 0 Å². The lowest BCUT2D eigenvalue weighted by Crippen LogP contribution is -2.30. The predicted molar refractivity (Wildman–Crippen MR) is 83.3 cm³/mol. The van der Waals surface area contributed by atoms with Crippen LogP contribution in [0, 0.1) is 5.82 Å². The summed E-state index contributed by atoms with van der Waals surface area (Å²) in [5, 5.41) is 4.46. The van der Waals surface area contributed by atoms with Crippen molar-refractivity contribution < 1.29 is 14.0 Å². The molecular weight excluding hydrogens is 305 g/mol. The van der Waals surface area contributed by atoms with E-state index in [0.717, 1.165) is 0 Å². The third kappa shape index (κ3) is 3.48. The number of amides is 2. The quantitative estimate of drug-likeness (QED) is 0.941. The van der Waals surface area contributed by atoms with E-state index in [-0.39, 0.29) is 23.3 Å². The Bertz CT molecular complexity index is 702. The van der Waals surface area contributed by atoms with Gasteiger partial charge < -0.3 is 10.2 Å². The van der Waals surface area contributed by atoms with Gasteiger partial charge in [0.15, 0.2) is 5.13 Å². The van der Waals surface area contributed by atoms with Crippen LogP contribution in [0.2, 0.25) is 0 Å². The molecule has 0 aliphatic heterocycles. The van der Waals surface area contributed by atoms with Crippen LogP contribution in [0.3, 0.4) is 0 Å². The second-order valence-corrected chi connectivity index (χ2v) is 5.69. The maximum Gasteiger partial charge on any atom is 0.273 e. The van der Waals surface area contributed by atoms with Gasteiger partial charge in [0.2, 0.25) is 5.91 Å². The van der Waals surface area contributed by atoms with Gasteiger partial charge in [-0.1, -0.05) is 18.2 Å². The number of carbonyl (C=O) groups is 2. The van der Waals surface area contributed by atoms with Gasteiger partial charge >= 0.3 is 0 Å². The summed E-state index contributed by atoms with van der Waals surface area (Å²) in [6.07, 6.45) is 0. The Kier molecular flexibility index (Phi) is 4.87. The highest BCUT2D eigenvalue weighted by molar-refractivity contribution is 7.14. The van der Waals surface area contributed by atoms with E-state index in [4.69, 9.17) is 0 Å². The predicted octanol–water partition coefficient (Wildman–Crippen LogP) is 3.07. The number of anilines is 1. The van der Waals surface area contributed by atoms with E-state index in [1.54, 1.807) is 37.6 Å². The number of rotatable bonds is 4. The van der Waals surface area contributed by atoms with Gasteiger partial charge in [0.1, 0.15) is 11.5 Å². The number of benzene rings is 1. The number of nitrogens with zero attached hydrogens (tertiary/aromatic N) is 2. The third-order valence-corrected chi connectivity index (χ3v) is 4.02. The lowest BCUT2D eigenvalue weighted by molar-refractivity contribution is -0.114. The second kappa shape index (κ2) is 6.65. The Balaban J connectivity index is 2.16. The van der Waals surface area contributed by atoms with Crippen molar-refractivity contribution in [2.75, 3.05) is 12.4 Å². The first kappa shape index (κ1) is 16.1. The summed E-state index contributed by atoms with van der Waals surface area (Å²) in [5.74, 6) is -0.933. The first-order valence-corrected chi connectivity index (χ1v) is 7.52. The SMILES string of the molecule is CC(=O)Nc1nc(C(=O)N(C)[C@@H](C)c2ccccc2F)cs1. The molecule has 0 saturated heterocycles. The normalized spacial score (nSPS) is 11.8. The second-order valence-electron chi connectivity index (χ2n) is 4.83. The molecule has 0 aliphatic carbocycles. The Morgan fingerprint density at radius 1 is 1.36 bits per heavy atom. The standard InChI is InChI=1S/C15H16FN3O2S/c1-9(11-6-4-5-7-12(11)16)19(3)14(21)13-8-22-15(18-13)17-10(2)20/h4-9H,1-3H3,(H,17,18,20)/t9-/m0/s1. The van der Waals surface area contributed by atoms with Gasteiger partial charge in [0.05, 0.1) is 6.04 Å². The molecule has 5 nitrogen and oxygen atoms in total. The Hall–Kier alpha value is -2.28. The van der Waals surface area contributed by atoms with Gasteiger partial charge in [-0.2, -0.15) is 0 Å². The average Bonchev–Trinajstić information content (AvgIpc) is 2.93. The number of halogens is 1. The Labute approximate surface area is 131 Å². The number of thiazole rings is 1. The van der Waals surface area contributed by atoms with Crippen molar-refractivity contribution in [1.29, 1.82) is 0 Å². The van der Waals surface area contributed by atoms with Crippen molar-refractivity contribution in [3.8, 4) is 0 Å². The summed E-state index contributed by atoms with van der Waals surface area (Å²) in [7, 11) is 1.59. The largest absolute Gasteiger partial charge is 0.333 e. The maximum atomic E-state index is 13.8. The molecule has 0 aliphatic rings. The van der Waals surface area contributed by atoms with E-state index in [1.165, 1.54) is 29.2 Å². The summed E-state index contributed by atoms with van der Waals surface area (Å²) in [5.41, 5.74) is 0.662. The van der Waals surface area contributed by atoms with Crippen LogP contribution in [0.4, 0.5) is 9.52 Å². The molecule has 116 valence electrons. The summed E-state index contributed by atoms with van der Waals surface area (Å²) in [6.45, 7) is 3.12. The topological polar surface area (TPSA) is 62.3 Å². The molecule has 7 heteroatoms. The Morgan fingerprint density at radius 2 is 2.05 bits per heavy atom. The van der Waals surface area contributed by atoms with Crippen molar-refractivity contribution in [3.05, 3.63) is 46.7 Å². The molecule has 22 heavy (non-hydrogen) atoms.